The second kappa shape index (κ2) is 7.08. The fraction of sp³-hybridized carbons (Fsp3) is 0.333. The summed E-state index contributed by atoms with van der Waals surface area (Å²) < 4.78 is 6.80. The van der Waals surface area contributed by atoms with Crippen LogP contribution < -0.4 is 10.5 Å². The van der Waals surface area contributed by atoms with Crippen molar-refractivity contribution in [3.05, 3.63) is 50.6 Å². The minimum absolute atomic E-state index is 0.178. The Morgan fingerprint density at radius 2 is 2.21 bits per heavy atom. The number of rotatable bonds is 6. The van der Waals surface area contributed by atoms with Crippen LogP contribution in [0.25, 0.3) is 0 Å². The molecule has 19 heavy (non-hydrogen) atoms. The molecule has 2 aromatic rings. The van der Waals surface area contributed by atoms with E-state index in [4.69, 9.17) is 10.5 Å². The van der Waals surface area contributed by atoms with Crippen molar-refractivity contribution in [2.24, 2.45) is 5.73 Å². The highest BCUT2D eigenvalue weighted by atomic mass is 79.9. The number of benzene rings is 1. The molecule has 2 N–H and O–H groups in total. The van der Waals surface area contributed by atoms with Gasteiger partial charge in [0.15, 0.2) is 0 Å². The van der Waals surface area contributed by atoms with Crippen molar-refractivity contribution < 1.29 is 4.74 Å². The van der Waals surface area contributed by atoms with Crippen LogP contribution in [0.2, 0.25) is 0 Å². The second-order valence-corrected chi connectivity index (χ2v) is 6.51. The first kappa shape index (κ1) is 14.6. The van der Waals surface area contributed by atoms with E-state index in [-0.39, 0.29) is 6.04 Å². The topological polar surface area (TPSA) is 35.2 Å². The van der Waals surface area contributed by atoms with Gasteiger partial charge in [0, 0.05) is 17.3 Å². The Hall–Kier alpha value is -0.840. The maximum Gasteiger partial charge on any atom is 0.133 e. The summed E-state index contributed by atoms with van der Waals surface area (Å²) in [5, 5.41) is 2.09. The van der Waals surface area contributed by atoms with Gasteiger partial charge in [-0.2, -0.15) is 0 Å². The average molecular weight is 340 g/mol. The highest BCUT2D eigenvalue weighted by molar-refractivity contribution is 9.10. The van der Waals surface area contributed by atoms with Gasteiger partial charge in [-0.25, -0.2) is 0 Å². The number of hydrogen-bond donors (Lipinski definition) is 1. The van der Waals surface area contributed by atoms with Gasteiger partial charge in [0.2, 0.25) is 0 Å². The SMILES string of the molecule is CC(N)Cc1ccc(OCCc2cccs2)c(Br)c1. The quantitative estimate of drug-likeness (QED) is 0.862. The Morgan fingerprint density at radius 1 is 1.37 bits per heavy atom. The highest BCUT2D eigenvalue weighted by Crippen LogP contribution is 2.26. The summed E-state index contributed by atoms with van der Waals surface area (Å²) in [5.74, 6) is 0.894. The third-order valence-corrected chi connectivity index (χ3v) is 4.30. The molecule has 0 aliphatic rings. The molecule has 102 valence electrons. The van der Waals surface area contributed by atoms with E-state index in [2.05, 4.69) is 45.6 Å². The molecule has 1 unspecified atom stereocenters. The van der Waals surface area contributed by atoms with Crippen LogP contribution in [-0.2, 0) is 12.8 Å². The van der Waals surface area contributed by atoms with Gasteiger partial charge in [-0.3, -0.25) is 0 Å². The fourth-order valence-electron chi connectivity index (χ4n) is 1.88. The fourth-order valence-corrected chi connectivity index (χ4v) is 3.11. The number of nitrogens with two attached hydrogens (primary N) is 1. The summed E-state index contributed by atoms with van der Waals surface area (Å²) in [5.41, 5.74) is 7.03. The standard InChI is InChI=1S/C15H18BrNOS/c1-11(17)9-12-4-5-15(14(16)10-12)18-7-6-13-3-2-8-19-13/h2-5,8,10-11H,6-7,9,17H2,1H3. The van der Waals surface area contributed by atoms with E-state index in [1.807, 2.05) is 13.0 Å². The number of thiophene rings is 1. The summed E-state index contributed by atoms with van der Waals surface area (Å²) in [4.78, 5) is 1.35. The summed E-state index contributed by atoms with van der Waals surface area (Å²) in [6.45, 7) is 2.71. The molecule has 0 bridgehead atoms. The lowest BCUT2D eigenvalue weighted by atomic mass is 10.1. The van der Waals surface area contributed by atoms with Crippen molar-refractivity contribution >= 4 is 27.3 Å². The molecule has 1 aromatic carbocycles. The van der Waals surface area contributed by atoms with Crippen molar-refractivity contribution in [2.45, 2.75) is 25.8 Å². The minimum atomic E-state index is 0.178. The van der Waals surface area contributed by atoms with Crippen LogP contribution in [0.15, 0.2) is 40.2 Å². The van der Waals surface area contributed by atoms with Gasteiger partial charge in [-0.05, 0) is 58.4 Å². The normalized spacial score (nSPS) is 12.4. The van der Waals surface area contributed by atoms with Crippen molar-refractivity contribution in [1.82, 2.24) is 0 Å². The third-order valence-electron chi connectivity index (χ3n) is 2.74. The molecule has 2 rings (SSSR count). The van der Waals surface area contributed by atoms with Gasteiger partial charge in [-0.1, -0.05) is 12.1 Å². The molecule has 0 amide bonds. The van der Waals surface area contributed by atoms with Crippen LogP contribution in [-0.4, -0.2) is 12.6 Å². The minimum Gasteiger partial charge on any atom is -0.492 e. The van der Waals surface area contributed by atoms with Crippen molar-refractivity contribution in [3.8, 4) is 5.75 Å². The maximum absolute atomic E-state index is 5.80. The van der Waals surface area contributed by atoms with E-state index in [0.717, 1.165) is 23.1 Å². The molecule has 4 heteroatoms. The van der Waals surface area contributed by atoms with Crippen LogP contribution in [0.1, 0.15) is 17.4 Å². The Bertz CT molecular complexity index is 511. The molecule has 0 fully saturated rings. The van der Waals surface area contributed by atoms with Crippen molar-refractivity contribution in [2.75, 3.05) is 6.61 Å². The molecule has 0 radical (unpaired) electrons. The zero-order valence-electron chi connectivity index (χ0n) is 10.9. The largest absolute Gasteiger partial charge is 0.492 e. The Balaban J connectivity index is 1.90. The van der Waals surface area contributed by atoms with Gasteiger partial charge in [0.05, 0.1) is 11.1 Å². The highest BCUT2D eigenvalue weighted by Gasteiger charge is 2.05. The van der Waals surface area contributed by atoms with Gasteiger partial charge < -0.3 is 10.5 Å². The van der Waals surface area contributed by atoms with E-state index in [0.29, 0.717) is 6.61 Å². The van der Waals surface area contributed by atoms with E-state index < -0.39 is 0 Å². The first-order valence-corrected chi connectivity index (χ1v) is 8.01. The van der Waals surface area contributed by atoms with Crippen molar-refractivity contribution in [3.63, 3.8) is 0 Å². The predicted octanol–water partition coefficient (Wildman–Crippen LogP) is 4.02. The van der Waals surface area contributed by atoms with Crippen LogP contribution in [0.3, 0.4) is 0 Å². The average Bonchev–Trinajstić information content (AvgIpc) is 2.84. The Morgan fingerprint density at radius 3 is 2.84 bits per heavy atom. The molecule has 1 atom stereocenters. The van der Waals surface area contributed by atoms with Crippen LogP contribution >= 0.6 is 27.3 Å². The summed E-state index contributed by atoms with van der Waals surface area (Å²) >= 11 is 5.32. The monoisotopic (exact) mass is 339 g/mol. The maximum atomic E-state index is 5.80. The molecule has 0 saturated heterocycles. The Kier molecular flexibility index (Phi) is 5.43. The van der Waals surface area contributed by atoms with Gasteiger partial charge >= 0.3 is 0 Å². The molecular weight excluding hydrogens is 322 g/mol. The first-order chi connectivity index (χ1) is 9.15. The first-order valence-electron chi connectivity index (χ1n) is 6.34. The summed E-state index contributed by atoms with van der Waals surface area (Å²) in [6, 6.07) is 10.6. The number of hydrogen-bond acceptors (Lipinski definition) is 3. The molecule has 0 aliphatic carbocycles. The van der Waals surface area contributed by atoms with E-state index in [1.165, 1.54) is 10.4 Å². The summed E-state index contributed by atoms with van der Waals surface area (Å²) in [6.07, 6.45) is 1.83. The van der Waals surface area contributed by atoms with Gasteiger partial charge in [0.25, 0.3) is 0 Å². The predicted molar refractivity (Wildman–Crippen MR) is 85.0 cm³/mol. The molecule has 0 saturated carbocycles. The zero-order chi connectivity index (χ0) is 13.7. The summed E-state index contributed by atoms with van der Waals surface area (Å²) in [7, 11) is 0. The van der Waals surface area contributed by atoms with Crippen LogP contribution in [0.4, 0.5) is 0 Å². The van der Waals surface area contributed by atoms with E-state index in [1.54, 1.807) is 11.3 Å². The van der Waals surface area contributed by atoms with Gasteiger partial charge in [0.1, 0.15) is 5.75 Å². The van der Waals surface area contributed by atoms with E-state index in [9.17, 15) is 0 Å². The molecule has 2 nitrogen and oxygen atoms in total. The molecular formula is C15H18BrNOS. The zero-order valence-corrected chi connectivity index (χ0v) is 13.3. The number of halogens is 1. The van der Waals surface area contributed by atoms with E-state index >= 15 is 0 Å². The third kappa shape index (κ3) is 4.64. The second-order valence-electron chi connectivity index (χ2n) is 4.62. The van der Waals surface area contributed by atoms with Crippen LogP contribution in [0.5, 0.6) is 5.75 Å². The van der Waals surface area contributed by atoms with Gasteiger partial charge in [-0.15, -0.1) is 11.3 Å². The number of ether oxygens (including phenoxy) is 1. The molecule has 1 aromatic heterocycles. The van der Waals surface area contributed by atoms with Crippen LogP contribution in [0, 0.1) is 0 Å². The van der Waals surface area contributed by atoms with Crippen molar-refractivity contribution in [1.29, 1.82) is 0 Å². The lowest BCUT2D eigenvalue weighted by molar-refractivity contribution is 0.321. The molecule has 1 heterocycles. The Labute approximate surface area is 126 Å². The lowest BCUT2D eigenvalue weighted by Crippen LogP contribution is -2.17. The lowest BCUT2D eigenvalue weighted by Gasteiger charge is -2.10. The molecule has 0 spiro atoms. The molecule has 0 aliphatic heterocycles. The smallest absolute Gasteiger partial charge is 0.133 e.